The van der Waals surface area contributed by atoms with Gasteiger partial charge in [-0.1, -0.05) is 31.4 Å². The Hall–Kier alpha value is -1.35. The second-order valence-corrected chi connectivity index (χ2v) is 6.48. The van der Waals surface area contributed by atoms with Crippen molar-refractivity contribution < 1.29 is 0 Å². The molecule has 1 heterocycles. The van der Waals surface area contributed by atoms with Gasteiger partial charge in [0.15, 0.2) is 0 Å². The lowest BCUT2D eigenvalue weighted by atomic mass is 9.92. The van der Waals surface area contributed by atoms with Gasteiger partial charge in [-0.05, 0) is 51.8 Å². The molecule has 0 bridgehead atoms. The Bertz CT molecular complexity index is 614. The van der Waals surface area contributed by atoms with Crippen LogP contribution in [0.2, 0.25) is 0 Å². The number of hydrogen-bond donors (Lipinski definition) is 1. The molecule has 1 aliphatic carbocycles. The molecule has 2 atom stereocenters. The van der Waals surface area contributed by atoms with E-state index in [1.807, 2.05) is 0 Å². The molecule has 3 heteroatoms. The number of imidazole rings is 1. The van der Waals surface area contributed by atoms with Crippen molar-refractivity contribution in [1.29, 1.82) is 0 Å². The van der Waals surface area contributed by atoms with Crippen molar-refractivity contribution in [2.45, 2.75) is 64.5 Å². The van der Waals surface area contributed by atoms with Gasteiger partial charge in [-0.3, -0.25) is 0 Å². The van der Waals surface area contributed by atoms with Gasteiger partial charge >= 0.3 is 0 Å². The number of fused-ring (bicyclic) bond motifs is 1. The monoisotopic (exact) mass is 285 g/mol. The molecule has 1 saturated carbocycles. The summed E-state index contributed by atoms with van der Waals surface area (Å²) in [7, 11) is 2.10. The second-order valence-electron chi connectivity index (χ2n) is 6.48. The minimum absolute atomic E-state index is 0.578. The summed E-state index contributed by atoms with van der Waals surface area (Å²) < 4.78 is 2.50. The van der Waals surface area contributed by atoms with Gasteiger partial charge in [0.1, 0.15) is 5.82 Å². The van der Waals surface area contributed by atoms with Crippen LogP contribution in [0.25, 0.3) is 11.0 Å². The molecular weight excluding hydrogens is 258 g/mol. The quantitative estimate of drug-likeness (QED) is 0.899. The van der Waals surface area contributed by atoms with Crippen LogP contribution in [0.4, 0.5) is 0 Å². The van der Waals surface area contributed by atoms with Gasteiger partial charge < -0.3 is 9.88 Å². The zero-order chi connectivity index (χ0) is 14.8. The van der Waals surface area contributed by atoms with E-state index in [1.54, 1.807) is 0 Å². The lowest BCUT2D eigenvalue weighted by molar-refractivity contribution is 0.321. The number of aromatic nitrogens is 2. The maximum atomic E-state index is 4.84. The van der Waals surface area contributed by atoms with E-state index in [0.717, 1.165) is 0 Å². The number of para-hydroxylation sites is 1. The number of aryl methyl sites for hydroxylation is 2. The molecule has 1 N–H and O–H groups in total. The molecule has 21 heavy (non-hydrogen) atoms. The number of nitrogens with one attached hydrogen (secondary N) is 1. The number of rotatable bonds is 2. The van der Waals surface area contributed by atoms with Gasteiger partial charge in [0.25, 0.3) is 0 Å². The van der Waals surface area contributed by atoms with Crippen molar-refractivity contribution in [3.8, 4) is 0 Å². The molecule has 0 amide bonds. The summed E-state index contributed by atoms with van der Waals surface area (Å²) in [6.07, 6.45) is 7.86. The van der Waals surface area contributed by atoms with Crippen LogP contribution in [0.1, 0.15) is 56.0 Å². The lowest BCUT2D eigenvalue weighted by Gasteiger charge is -2.28. The molecule has 0 unspecified atom stereocenters. The first-order valence-electron chi connectivity index (χ1n) is 8.32. The molecule has 1 aromatic carbocycles. The topological polar surface area (TPSA) is 29.9 Å². The Morgan fingerprint density at radius 3 is 2.76 bits per heavy atom. The molecule has 0 aliphatic heterocycles. The van der Waals surface area contributed by atoms with Crippen molar-refractivity contribution in [1.82, 2.24) is 14.9 Å². The number of nitrogens with zero attached hydrogens (tertiary/aromatic N) is 2. The molecule has 1 aliphatic rings. The van der Waals surface area contributed by atoms with Crippen LogP contribution in [0.3, 0.4) is 0 Å². The van der Waals surface area contributed by atoms with Gasteiger partial charge in [-0.15, -0.1) is 0 Å². The van der Waals surface area contributed by atoms with Crippen LogP contribution >= 0.6 is 0 Å². The first-order valence-corrected chi connectivity index (χ1v) is 8.32. The van der Waals surface area contributed by atoms with Crippen molar-refractivity contribution in [2.24, 2.45) is 0 Å². The highest BCUT2D eigenvalue weighted by molar-refractivity contribution is 5.79. The lowest BCUT2D eigenvalue weighted by Crippen LogP contribution is -2.30. The molecule has 0 saturated heterocycles. The fourth-order valence-corrected chi connectivity index (χ4v) is 3.84. The Morgan fingerprint density at radius 2 is 1.95 bits per heavy atom. The second kappa shape index (κ2) is 6.18. The van der Waals surface area contributed by atoms with Gasteiger partial charge in [0.05, 0.1) is 11.0 Å². The Balaban J connectivity index is 2.01. The third-order valence-electron chi connectivity index (χ3n) is 5.02. The van der Waals surface area contributed by atoms with Crippen molar-refractivity contribution >= 4 is 11.0 Å². The first-order chi connectivity index (χ1) is 10.2. The summed E-state index contributed by atoms with van der Waals surface area (Å²) in [5, 5.41) is 3.51. The molecule has 2 aromatic rings. The molecule has 1 aromatic heterocycles. The smallest absolute Gasteiger partial charge is 0.106 e. The Labute approximate surface area is 127 Å². The highest BCUT2D eigenvalue weighted by Gasteiger charge is 2.22. The minimum atomic E-state index is 0.578. The molecule has 3 rings (SSSR count). The summed E-state index contributed by atoms with van der Waals surface area (Å²) in [4.78, 5) is 4.84. The van der Waals surface area contributed by atoms with Crippen molar-refractivity contribution in [3.63, 3.8) is 0 Å². The van der Waals surface area contributed by atoms with Crippen LogP contribution < -0.4 is 5.32 Å². The van der Waals surface area contributed by atoms with E-state index < -0.39 is 0 Å². The van der Waals surface area contributed by atoms with E-state index in [4.69, 9.17) is 4.98 Å². The van der Waals surface area contributed by atoms with Crippen molar-refractivity contribution in [2.75, 3.05) is 7.05 Å². The number of benzene rings is 1. The molecular formula is C18H27N3. The maximum Gasteiger partial charge on any atom is 0.106 e. The Morgan fingerprint density at radius 1 is 1.14 bits per heavy atom. The third-order valence-corrected chi connectivity index (χ3v) is 5.02. The van der Waals surface area contributed by atoms with Crippen LogP contribution in [0.5, 0.6) is 0 Å². The standard InChI is InChI=1S/C18H27N3/c1-13-8-7-11-17-18(13)20-14(2)21(17)16-10-6-4-5-9-15(12-16)19-3/h7-8,11,15-16,19H,4-6,9-10,12H2,1-3H3/t15-,16-/m1/s1. The fraction of sp³-hybridized carbons (Fsp3) is 0.611. The summed E-state index contributed by atoms with van der Waals surface area (Å²) in [6, 6.07) is 7.77. The molecule has 3 nitrogen and oxygen atoms in total. The van der Waals surface area contributed by atoms with E-state index in [1.165, 1.54) is 60.9 Å². The average molecular weight is 285 g/mol. The van der Waals surface area contributed by atoms with E-state index in [-0.39, 0.29) is 0 Å². The third kappa shape index (κ3) is 2.84. The van der Waals surface area contributed by atoms with Gasteiger partial charge in [0.2, 0.25) is 0 Å². The fourth-order valence-electron chi connectivity index (χ4n) is 3.84. The molecule has 114 valence electrons. The minimum Gasteiger partial charge on any atom is -0.325 e. The highest BCUT2D eigenvalue weighted by atomic mass is 15.1. The highest BCUT2D eigenvalue weighted by Crippen LogP contribution is 2.31. The Kier molecular flexibility index (Phi) is 4.29. The van der Waals surface area contributed by atoms with Gasteiger partial charge in [-0.25, -0.2) is 4.98 Å². The summed E-state index contributed by atoms with van der Waals surface area (Å²) in [5.41, 5.74) is 3.77. The summed E-state index contributed by atoms with van der Waals surface area (Å²) in [5.74, 6) is 1.17. The van der Waals surface area contributed by atoms with Gasteiger partial charge in [0, 0.05) is 12.1 Å². The molecule has 0 radical (unpaired) electrons. The molecule has 1 fully saturated rings. The van der Waals surface area contributed by atoms with E-state index in [0.29, 0.717) is 12.1 Å². The van der Waals surface area contributed by atoms with Crippen molar-refractivity contribution in [3.05, 3.63) is 29.6 Å². The van der Waals surface area contributed by atoms with E-state index in [2.05, 4.69) is 49.0 Å². The zero-order valence-electron chi connectivity index (χ0n) is 13.5. The first kappa shape index (κ1) is 14.6. The van der Waals surface area contributed by atoms with Crippen LogP contribution in [-0.4, -0.2) is 22.6 Å². The van der Waals surface area contributed by atoms with E-state index in [9.17, 15) is 0 Å². The van der Waals surface area contributed by atoms with Crippen LogP contribution in [0.15, 0.2) is 18.2 Å². The zero-order valence-corrected chi connectivity index (χ0v) is 13.5. The predicted molar refractivity (Wildman–Crippen MR) is 88.8 cm³/mol. The summed E-state index contributed by atoms with van der Waals surface area (Å²) >= 11 is 0. The predicted octanol–water partition coefficient (Wildman–Crippen LogP) is 4.14. The largest absolute Gasteiger partial charge is 0.325 e. The van der Waals surface area contributed by atoms with Crippen LogP contribution in [-0.2, 0) is 0 Å². The maximum absolute atomic E-state index is 4.84. The molecule has 0 spiro atoms. The van der Waals surface area contributed by atoms with E-state index >= 15 is 0 Å². The van der Waals surface area contributed by atoms with Crippen LogP contribution in [0, 0.1) is 13.8 Å². The van der Waals surface area contributed by atoms with Gasteiger partial charge in [-0.2, -0.15) is 0 Å². The normalized spacial score (nSPS) is 24.0. The SMILES string of the molecule is CN[C@@H]1CCCCC[C@@H](n2c(C)nc3c(C)cccc32)C1. The summed E-state index contributed by atoms with van der Waals surface area (Å²) in [6.45, 7) is 4.32. The number of hydrogen-bond acceptors (Lipinski definition) is 2. The average Bonchev–Trinajstić information content (AvgIpc) is 2.77.